The first-order valence-corrected chi connectivity index (χ1v) is 11.1. The van der Waals surface area contributed by atoms with Crippen molar-refractivity contribution in [2.24, 2.45) is 5.92 Å². The summed E-state index contributed by atoms with van der Waals surface area (Å²) in [5.74, 6) is -0.796. The first-order valence-electron chi connectivity index (χ1n) is 11.1. The third kappa shape index (κ3) is 5.47. The maximum absolute atomic E-state index is 12.9. The average molecular weight is 442 g/mol. The SMILES string of the molecule is CC(NC(=O)c1ccccc1NC(=O)CCC1Cc2ccccc2NC1=O)c1ccccc1. The number of amides is 3. The lowest BCUT2D eigenvalue weighted by atomic mass is 9.89. The minimum atomic E-state index is -0.259. The Morgan fingerprint density at radius 2 is 1.67 bits per heavy atom. The molecule has 2 atom stereocenters. The lowest BCUT2D eigenvalue weighted by molar-refractivity contribution is -0.121. The molecular weight excluding hydrogens is 414 g/mol. The number of nitrogens with one attached hydrogen (secondary N) is 3. The molecule has 0 saturated carbocycles. The van der Waals surface area contributed by atoms with E-state index in [0.29, 0.717) is 24.1 Å². The quantitative estimate of drug-likeness (QED) is 0.496. The van der Waals surface area contributed by atoms with E-state index >= 15 is 0 Å². The van der Waals surface area contributed by atoms with Crippen molar-refractivity contribution < 1.29 is 14.4 Å². The summed E-state index contributed by atoms with van der Waals surface area (Å²) in [6.07, 6.45) is 1.24. The Labute approximate surface area is 193 Å². The van der Waals surface area contributed by atoms with Crippen molar-refractivity contribution in [3.05, 3.63) is 95.6 Å². The molecule has 4 rings (SSSR count). The predicted octanol–water partition coefficient (Wildman–Crippen LogP) is 4.71. The van der Waals surface area contributed by atoms with Gasteiger partial charge < -0.3 is 16.0 Å². The van der Waals surface area contributed by atoms with Crippen molar-refractivity contribution in [3.63, 3.8) is 0 Å². The number of hydrogen-bond acceptors (Lipinski definition) is 3. The van der Waals surface area contributed by atoms with E-state index in [2.05, 4.69) is 16.0 Å². The molecule has 0 saturated heterocycles. The lowest BCUT2D eigenvalue weighted by Gasteiger charge is -2.24. The fourth-order valence-corrected chi connectivity index (χ4v) is 4.05. The third-order valence-electron chi connectivity index (χ3n) is 5.93. The van der Waals surface area contributed by atoms with Crippen LogP contribution in [0.25, 0.3) is 0 Å². The van der Waals surface area contributed by atoms with E-state index < -0.39 is 0 Å². The van der Waals surface area contributed by atoms with Gasteiger partial charge in [0.1, 0.15) is 0 Å². The summed E-state index contributed by atoms with van der Waals surface area (Å²) in [6, 6.07) is 24.2. The van der Waals surface area contributed by atoms with Crippen LogP contribution in [0.3, 0.4) is 0 Å². The van der Waals surface area contributed by atoms with E-state index in [1.165, 1.54) is 0 Å². The Morgan fingerprint density at radius 1 is 0.970 bits per heavy atom. The van der Waals surface area contributed by atoms with Gasteiger partial charge in [0.15, 0.2) is 0 Å². The molecule has 0 aliphatic carbocycles. The third-order valence-corrected chi connectivity index (χ3v) is 5.93. The molecule has 6 nitrogen and oxygen atoms in total. The molecule has 0 bridgehead atoms. The lowest BCUT2D eigenvalue weighted by Crippen LogP contribution is -2.31. The van der Waals surface area contributed by atoms with Gasteiger partial charge in [-0.25, -0.2) is 0 Å². The zero-order valence-corrected chi connectivity index (χ0v) is 18.5. The molecule has 33 heavy (non-hydrogen) atoms. The number of fused-ring (bicyclic) bond motifs is 1. The Kier molecular flexibility index (Phi) is 6.83. The number of hydrogen-bond donors (Lipinski definition) is 3. The molecule has 0 spiro atoms. The highest BCUT2D eigenvalue weighted by Crippen LogP contribution is 2.28. The number of carbonyl (C=O) groups is 3. The van der Waals surface area contributed by atoms with Crippen LogP contribution in [0.5, 0.6) is 0 Å². The first-order chi connectivity index (χ1) is 16.0. The Bertz CT molecular complexity index is 1160. The number of anilines is 2. The highest BCUT2D eigenvalue weighted by Gasteiger charge is 2.26. The van der Waals surface area contributed by atoms with Crippen LogP contribution in [0, 0.1) is 5.92 Å². The van der Waals surface area contributed by atoms with Gasteiger partial charge in [-0.15, -0.1) is 0 Å². The van der Waals surface area contributed by atoms with Crippen molar-refractivity contribution in [2.45, 2.75) is 32.2 Å². The summed E-state index contributed by atoms with van der Waals surface area (Å²) in [7, 11) is 0. The summed E-state index contributed by atoms with van der Waals surface area (Å²) in [4.78, 5) is 37.9. The summed E-state index contributed by atoms with van der Waals surface area (Å²) >= 11 is 0. The van der Waals surface area contributed by atoms with Crippen LogP contribution >= 0.6 is 0 Å². The van der Waals surface area contributed by atoms with E-state index in [4.69, 9.17) is 0 Å². The van der Waals surface area contributed by atoms with Crippen LogP contribution in [-0.2, 0) is 16.0 Å². The molecule has 3 aromatic carbocycles. The van der Waals surface area contributed by atoms with Gasteiger partial charge in [0, 0.05) is 18.0 Å². The molecule has 0 radical (unpaired) electrons. The van der Waals surface area contributed by atoms with Crippen molar-refractivity contribution in [2.75, 3.05) is 10.6 Å². The largest absolute Gasteiger partial charge is 0.345 e. The fraction of sp³-hybridized carbons (Fsp3) is 0.222. The van der Waals surface area contributed by atoms with Crippen molar-refractivity contribution in [3.8, 4) is 0 Å². The van der Waals surface area contributed by atoms with E-state index in [1.807, 2.05) is 61.5 Å². The topological polar surface area (TPSA) is 87.3 Å². The van der Waals surface area contributed by atoms with Gasteiger partial charge in [0.2, 0.25) is 11.8 Å². The highest BCUT2D eigenvalue weighted by molar-refractivity contribution is 6.04. The number of rotatable bonds is 7. The van der Waals surface area contributed by atoms with Gasteiger partial charge in [-0.1, -0.05) is 60.7 Å². The van der Waals surface area contributed by atoms with Crippen LogP contribution in [0.2, 0.25) is 0 Å². The predicted molar refractivity (Wildman–Crippen MR) is 129 cm³/mol. The van der Waals surface area contributed by atoms with E-state index in [0.717, 1.165) is 16.8 Å². The molecule has 2 unspecified atom stereocenters. The fourth-order valence-electron chi connectivity index (χ4n) is 4.05. The van der Waals surface area contributed by atoms with Gasteiger partial charge in [0.05, 0.1) is 17.3 Å². The van der Waals surface area contributed by atoms with Crippen LogP contribution in [0.4, 0.5) is 11.4 Å². The van der Waals surface area contributed by atoms with Crippen LogP contribution in [0.15, 0.2) is 78.9 Å². The second kappa shape index (κ2) is 10.1. The van der Waals surface area contributed by atoms with Crippen LogP contribution in [-0.4, -0.2) is 17.7 Å². The summed E-state index contributed by atoms with van der Waals surface area (Å²) in [5.41, 5.74) is 3.78. The number of benzene rings is 3. The van der Waals surface area contributed by atoms with Gasteiger partial charge in [-0.05, 0) is 49.1 Å². The molecule has 1 aliphatic heterocycles. The molecule has 3 aromatic rings. The molecule has 1 heterocycles. The first kappa shape index (κ1) is 22.3. The zero-order chi connectivity index (χ0) is 23.2. The van der Waals surface area contributed by atoms with E-state index in [-0.39, 0.29) is 36.1 Å². The maximum atomic E-state index is 12.9. The van der Waals surface area contributed by atoms with Crippen molar-refractivity contribution in [1.82, 2.24) is 5.32 Å². The van der Waals surface area contributed by atoms with Crippen LogP contribution < -0.4 is 16.0 Å². The minimum Gasteiger partial charge on any atom is -0.345 e. The minimum absolute atomic E-state index is 0.0591. The number of carbonyl (C=O) groups excluding carboxylic acids is 3. The summed E-state index contributed by atoms with van der Waals surface area (Å²) in [5, 5.41) is 8.74. The van der Waals surface area contributed by atoms with Gasteiger partial charge in [-0.3, -0.25) is 14.4 Å². The second-order valence-electron chi connectivity index (χ2n) is 8.29. The van der Waals surface area contributed by atoms with E-state index in [9.17, 15) is 14.4 Å². The molecular formula is C27H27N3O3. The zero-order valence-electron chi connectivity index (χ0n) is 18.5. The normalized spacial score (nSPS) is 15.7. The molecule has 0 aromatic heterocycles. The molecule has 6 heteroatoms. The van der Waals surface area contributed by atoms with Gasteiger partial charge in [-0.2, -0.15) is 0 Å². The Balaban J connectivity index is 1.36. The maximum Gasteiger partial charge on any atom is 0.253 e. The molecule has 168 valence electrons. The summed E-state index contributed by atoms with van der Waals surface area (Å²) < 4.78 is 0. The second-order valence-corrected chi connectivity index (χ2v) is 8.29. The smallest absolute Gasteiger partial charge is 0.253 e. The monoisotopic (exact) mass is 441 g/mol. The average Bonchev–Trinajstić information content (AvgIpc) is 2.83. The molecule has 3 N–H and O–H groups in total. The number of para-hydroxylation sites is 2. The standard InChI is InChI=1S/C27H27N3O3/c1-18(19-9-3-2-4-10-19)28-27(33)22-12-6-8-14-24(22)29-25(31)16-15-21-17-20-11-5-7-13-23(20)30-26(21)32/h2-14,18,21H,15-17H2,1H3,(H,28,33)(H,29,31)(H,30,32). The van der Waals surface area contributed by atoms with Crippen LogP contribution in [0.1, 0.15) is 47.3 Å². The highest BCUT2D eigenvalue weighted by atomic mass is 16.2. The van der Waals surface area contributed by atoms with Crippen molar-refractivity contribution >= 4 is 29.1 Å². The molecule has 0 fully saturated rings. The Hall–Kier alpha value is -3.93. The Morgan fingerprint density at radius 3 is 2.48 bits per heavy atom. The van der Waals surface area contributed by atoms with Gasteiger partial charge >= 0.3 is 0 Å². The molecule has 3 amide bonds. The molecule has 1 aliphatic rings. The van der Waals surface area contributed by atoms with Crippen molar-refractivity contribution in [1.29, 1.82) is 0 Å². The summed E-state index contributed by atoms with van der Waals surface area (Å²) in [6.45, 7) is 1.92. The van der Waals surface area contributed by atoms with Gasteiger partial charge in [0.25, 0.3) is 5.91 Å². The van der Waals surface area contributed by atoms with E-state index in [1.54, 1.807) is 24.3 Å².